The first-order valence-corrected chi connectivity index (χ1v) is 5.37. The van der Waals surface area contributed by atoms with E-state index in [-0.39, 0.29) is 12.1 Å². The van der Waals surface area contributed by atoms with Gasteiger partial charge in [-0.2, -0.15) is 0 Å². The standard InChI is InChI=1S/C12H17N3O/c1-12(2)8-4-3-7(6-10(13)14)5-9(8)15-11(12)16/h3-5,10H,6,13-14H2,1-2H3,(H,15,16). The van der Waals surface area contributed by atoms with Gasteiger partial charge in [0.25, 0.3) is 0 Å². The second-order valence-electron chi connectivity index (χ2n) is 4.83. The van der Waals surface area contributed by atoms with Crippen molar-refractivity contribution in [3.8, 4) is 0 Å². The average Bonchev–Trinajstić information content (AvgIpc) is 2.36. The lowest BCUT2D eigenvalue weighted by Crippen LogP contribution is -2.32. The molecule has 0 radical (unpaired) electrons. The van der Waals surface area contributed by atoms with Crippen molar-refractivity contribution in [2.45, 2.75) is 31.8 Å². The number of nitrogens with one attached hydrogen (secondary N) is 1. The quantitative estimate of drug-likeness (QED) is 0.640. The molecule has 0 unspecified atom stereocenters. The molecular weight excluding hydrogens is 202 g/mol. The van der Waals surface area contributed by atoms with Crippen LogP contribution < -0.4 is 16.8 Å². The van der Waals surface area contributed by atoms with Crippen molar-refractivity contribution in [1.29, 1.82) is 0 Å². The molecule has 1 heterocycles. The normalized spacial score (nSPS) is 17.4. The number of nitrogens with two attached hydrogens (primary N) is 2. The van der Waals surface area contributed by atoms with Gasteiger partial charge >= 0.3 is 0 Å². The minimum atomic E-state index is -0.446. The van der Waals surface area contributed by atoms with Crippen molar-refractivity contribution in [2.24, 2.45) is 11.5 Å². The summed E-state index contributed by atoms with van der Waals surface area (Å²) in [5.41, 5.74) is 13.6. The molecule has 4 heteroatoms. The van der Waals surface area contributed by atoms with Gasteiger partial charge in [-0.3, -0.25) is 4.79 Å². The highest BCUT2D eigenvalue weighted by Gasteiger charge is 2.38. The van der Waals surface area contributed by atoms with E-state index < -0.39 is 5.41 Å². The maximum atomic E-state index is 11.7. The van der Waals surface area contributed by atoms with Gasteiger partial charge in [-0.1, -0.05) is 12.1 Å². The number of hydrogen-bond acceptors (Lipinski definition) is 3. The van der Waals surface area contributed by atoms with Crippen LogP contribution in [0.3, 0.4) is 0 Å². The van der Waals surface area contributed by atoms with Gasteiger partial charge in [-0.15, -0.1) is 0 Å². The molecular formula is C12H17N3O. The summed E-state index contributed by atoms with van der Waals surface area (Å²) in [4.78, 5) is 11.7. The van der Waals surface area contributed by atoms with Gasteiger partial charge in [-0.05, 0) is 31.0 Å². The summed E-state index contributed by atoms with van der Waals surface area (Å²) in [7, 11) is 0. The van der Waals surface area contributed by atoms with Crippen LogP contribution in [0, 0.1) is 0 Å². The first-order chi connectivity index (χ1) is 7.41. The SMILES string of the molecule is CC1(C)C(=O)Nc2cc(CC(N)N)ccc21. The maximum Gasteiger partial charge on any atom is 0.234 e. The van der Waals surface area contributed by atoms with Gasteiger partial charge in [0, 0.05) is 12.1 Å². The van der Waals surface area contributed by atoms with Crippen LogP contribution in [-0.2, 0) is 16.6 Å². The van der Waals surface area contributed by atoms with Crippen molar-refractivity contribution in [3.63, 3.8) is 0 Å². The third-order valence-corrected chi connectivity index (χ3v) is 3.04. The van der Waals surface area contributed by atoms with Crippen molar-refractivity contribution in [2.75, 3.05) is 5.32 Å². The van der Waals surface area contributed by atoms with Crippen LogP contribution in [0.4, 0.5) is 5.69 Å². The molecule has 0 fully saturated rings. The van der Waals surface area contributed by atoms with Gasteiger partial charge in [0.2, 0.25) is 5.91 Å². The summed E-state index contributed by atoms with van der Waals surface area (Å²) >= 11 is 0. The van der Waals surface area contributed by atoms with Crippen molar-refractivity contribution in [1.82, 2.24) is 0 Å². The van der Waals surface area contributed by atoms with E-state index in [1.54, 1.807) is 0 Å². The Kier molecular flexibility index (Phi) is 2.48. The molecule has 86 valence electrons. The third-order valence-electron chi connectivity index (χ3n) is 3.04. The van der Waals surface area contributed by atoms with E-state index in [4.69, 9.17) is 11.5 Å². The zero-order valence-electron chi connectivity index (χ0n) is 9.58. The van der Waals surface area contributed by atoms with Crippen LogP contribution in [0.15, 0.2) is 18.2 Å². The monoisotopic (exact) mass is 219 g/mol. The Bertz CT molecular complexity index is 438. The largest absolute Gasteiger partial charge is 0.325 e. The fourth-order valence-corrected chi connectivity index (χ4v) is 2.04. The van der Waals surface area contributed by atoms with Crippen molar-refractivity contribution >= 4 is 11.6 Å². The Balaban J connectivity index is 2.37. The molecule has 0 aliphatic carbocycles. The molecule has 0 bridgehead atoms. The zero-order chi connectivity index (χ0) is 11.9. The molecule has 16 heavy (non-hydrogen) atoms. The number of fused-ring (bicyclic) bond motifs is 1. The van der Waals surface area contributed by atoms with Gasteiger partial charge < -0.3 is 16.8 Å². The van der Waals surface area contributed by atoms with Crippen LogP contribution in [-0.4, -0.2) is 12.1 Å². The lowest BCUT2D eigenvalue weighted by molar-refractivity contribution is -0.119. The smallest absolute Gasteiger partial charge is 0.234 e. The molecule has 1 aromatic rings. The molecule has 0 spiro atoms. The Morgan fingerprint density at radius 1 is 1.38 bits per heavy atom. The molecule has 1 aliphatic rings. The summed E-state index contributed by atoms with van der Waals surface area (Å²) in [6.45, 7) is 3.84. The van der Waals surface area contributed by atoms with Crippen LogP contribution in [0.5, 0.6) is 0 Å². The molecule has 0 atom stereocenters. The number of benzene rings is 1. The average molecular weight is 219 g/mol. The van der Waals surface area contributed by atoms with E-state index in [1.807, 2.05) is 32.0 Å². The second-order valence-corrected chi connectivity index (χ2v) is 4.83. The van der Waals surface area contributed by atoms with E-state index in [2.05, 4.69) is 5.32 Å². The minimum absolute atomic E-state index is 0.0386. The highest BCUT2D eigenvalue weighted by molar-refractivity contribution is 6.05. The first kappa shape index (κ1) is 11.1. The highest BCUT2D eigenvalue weighted by atomic mass is 16.2. The van der Waals surface area contributed by atoms with E-state index in [9.17, 15) is 4.79 Å². The van der Waals surface area contributed by atoms with Gasteiger partial charge in [0.15, 0.2) is 0 Å². The predicted octanol–water partition coefficient (Wildman–Crippen LogP) is 0.702. The second kappa shape index (κ2) is 3.57. The predicted molar refractivity (Wildman–Crippen MR) is 64.0 cm³/mol. The van der Waals surface area contributed by atoms with Crippen LogP contribution in [0.25, 0.3) is 0 Å². The zero-order valence-corrected chi connectivity index (χ0v) is 9.58. The molecule has 2 rings (SSSR count). The van der Waals surface area contributed by atoms with E-state index in [1.165, 1.54) is 0 Å². The molecule has 1 aliphatic heterocycles. The lowest BCUT2D eigenvalue weighted by Gasteiger charge is -2.15. The van der Waals surface area contributed by atoms with E-state index >= 15 is 0 Å². The minimum Gasteiger partial charge on any atom is -0.325 e. The van der Waals surface area contributed by atoms with E-state index in [0.717, 1.165) is 16.8 Å². The summed E-state index contributed by atoms with van der Waals surface area (Å²) in [6, 6.07) is 5.91. The highest BCUT2D eigenvalue weighted by Crippen LogP contribution is 2.37. The Morgan fingerprint density at radius 2 is 2.06 bits per heavy atom. The fraction of sp³-hybridized carbons (Fsp3) is 0.417. The maximum absolute atomic E-state index is 11.7. The van der Waals surface area contributed by atoms with Crippen LogP contribution in [0.1, 0.15) is 25.0 Å². The number of carbonyl (C=O) groups is 1. The number of rotatable bonds is 2. The van der Waals surface area contributed by atoms with E-state index in [0.29, 0.717) is 6.42 Å². The summed E-state index contributed by atoms with van der Waals surface area (Å²) in [5.74, 6) is 0.0386. The summed E-state index contributed by atoms with van der Waals surface area (Å²) < 4.78 is 0. The number of carbonyl (C=O) groups excluding carboxylic acids is 1. The molecule has 4 nitrogen and oxygen atoms in total. The number of anilines is 1. The Morgan fingerprint density at radius 3 is 2.69 bits per heavy atom. The molecule has 0 saturated carbocycles. The topological polar surface area (TPSA) is 81.1 Å². The molecule has 1 amide bonds. The van der Waals surface area contributed by atoms with Crippen LogP contribution in [0.2, 0.25) is 0 Å². The molecule has 0 saturated heterocycles. The lowest BCUT2D eigenvalue weighted by atomic mass is 9.85. The fourth-order valence-electron chi connectivity index (χ4n) is 2.04. The number of hydrogen-bond donors (Lipinski definition) is 3. The summed E-state index contributed by atoms with van der Waals surface area (Å²) in [6.07, 6.45) is 0.256. The number of amides is 1. The van der Waals surface area contributed by atoms with Crippen LogP contribution >= 0.6 is 0 Å². The Hall–Kier alpha value is -1.39. The van der Waals surface area contributed by atoms with Crippen molar-refractivity contribution in [3.05, 3.63) is 29.3 Å². The van der Waals surface area contributed by atoms with Gasteiger partial charge in [0.05, 0.1) is 11.6 Å². The molecule has 1 aromatic carbocycles. The molecule has 5 N–H and O–H groups in total. The Labute approximate surface area is 95.0 Å². The van der Waals surface area contributed by atoms with Gasteiger partial charge in [-0.25, -0.2) is 0 Å². The third kappa shape index (κ3) is 1.70. The van der Waals surface area contributed by atoms with Crippen molar-refractivity contribution < 1.29 is 4.79 Å². The molecule has 0 aromatic heterocycles. The van der Waals surface area contributed by atoms with Gasteiger partial charge in [0.1, 0.15) is 0 Å². The summed E-state index contributed by atoms with van der Waals surface area (Å²) in [5, 5.41) is 2.88. The first-order valence-electron chi connectivity index (χ1n) is 5.37.